The molecule has 0 saturated heterocycles. The number of nitrogens with zero attached hydrogens (tertiary/aromatic N) is 1. The maximum absolute atomic E-state index is 12.1. The van der Waals surface area contributed by atoms with Crippen LogP contribution < -0.4 is 10.6 Å². The van der Waals surface area contributed by atoms with Crippen molar-refractivity contribution in [2.24, 2.45) is 0 Å². The molecule has 0 fully saturated rings. The predicted octanol–water partition coefficient (Wildman–Crippen LogP) is -0.771. The molecule has 0 atom stereocenters. The van der Waals surface area contributed by atoms with Gasteiger partial charge in [-0.1, -0.05) is 6.92 Å². The molecule has 0 aliphatic carbocycles. The largest absolute Gasteiger partial charge is 0.358 e. The van der Waals surface area contributed by atoms with Crippen molar-refractivity contribution in [2.45, 2.75) is 39.0 Å². The first-order valence-electron chi connectivity index (χ1n) is 8.77. The van der Waals surface area contributed by atoms with E-state index in [9.17, 15) is 28.8 Å². The summed E-state index contributed by atoms with van der Waals surface area (Å²) in [7, 11) is 1.43. The van der Waals surface area contributed by atoms with E-state index in [0.717, 1.165) is 0 Å². The number of hydrogen-bond donors (Lipinski definition) is 2. The van der Waals surface area contributed by atoms with Crippen LogP contribution in [-0.2, 0) is 49.8 Å². The van der Waals surface area contributed by atoms with Gasteiger partial charge in [-0.2, -0.15) is 0 Å². The van der Waals surface area contributed by atoms with E-state index in [-0.39, 0.29) is 102 Å². The van der Waals surface area contributed by atoms with Gasteiger partial charge in [0.05, 0.1) is 26.2 Å². The molecule has 0 aliphatic heterocycles. The van der Waals surface area contributed by atoms with Crippen LogP contribution in [0.15, 0.2) is 0 Å². The SMILES string of the molecule is [CH2-]C(=O)CCC(=O)CN(CC(=O)CCC(=O)CC)CC(=O)NCC(=O)NC.[W]. The number of rotatable bonds is 15. The van der Waals surface area contributed by atoms with Crippen molar-refractivity contribution in [3.05, 3.63) is 6.92 Å². The predicted molar refractivity (Wildman–Crippen MR) is 97.7 cm³/mol. The van der Waals surface area contributed by atoms with Crippen LogP contribution in [0.5, 0.6) is 0 Å². The van der Waals surface area contributed by atoms with E-state index in [1.165, 1.54) is 11.9 Å². The molecule has 9 nitrogen and oxygen atoms in total. The van der Waals surface area contributed by atoms with Crippen LogP contribution in [0.25, 0.3) is 0 Å². The molecule has 2 amide bonds. The van der Waals surface area contributed by atoms with E-state index < -0.39 is 5.91 Å². The number of nitrogens with one attached hydrogen (secondary N) is 2. The van der Waals surface area contributed by atoms with Crippen molar-refractivity contribution in [1.29, 1.82) is 0 Å². The van der Waals surface area contributed by atoms with Gasteiger partial charge in [-0.3, -0.25) is 28.9 Å². The zero-order chi connectivity index (χ0) is 20.8. The molecule has 0 rings (SSSR count). The van der Waals surface area contributed by atoms with Gasteiger partial charge < -0.3 is 22.4 Å². The van der Waals surface area contributed by atoms with Gasteiger partial charge in [0, 0.05) is 53.8 Å². The van der Waals surface area contributed by atoms with Gasteiger partial charge in [0.15, 0.2) is 0 Å². The Morgan fingerprint density at radius 1 is 0.786 bits per heavy atom. The van der Waals surface area contributed by atoms with Crippen LogP contribution in [0, 0.1) is 6.92 Å². The first-order chi connectivity index (χ1) is 12.7. The second-order valence-corrected chi connectivity index (χ2v) is 6.10. The van der Waals surface area contributed by atoms with Gasteiger partial charge in [-0.15, -0.1) is 0 Å². The van der Waals surface area contributed by atoms with Crippen LogP contribution in [0.1, 0.15) is 39.0 Å². The molecule has 0 heterocycles. The summed E-state index contributed by atoms with van der Waals surface area (Å²) in [5.74, 6) is -1.87. The standard InChI is InChI=1S/C18H28N3O6.W/c1-4-14(23)7-8-16(25)11-21(10-15(24)6-5-13(2)22)12-18(27)20-9-17(26)19-3;/h2,4-12H2,1,3H3,(H,19,26)(H,20,27);/q-1;. The third-order valence-electron chi connectivity index (χ3n) is 3.65. The maximum atomic E-state index is 12.1. The molecule has 0 unspecified atom stereocenters. The second-order valence-electron chi connectivity index (χ2n) is 6.10. The molecule has 0 aliphatic rings. The van der Waals surface area contributed by atoms with Crippen molar-refractivity contribution < 1.29 is 49.8 Å². The summed E-state index contributed by atoms with van der Waals surface area (Å²) < 4.78 is 0. The van der Waals surface area contributed by atoms with Crippen molar-refractivity contribution in [1.82, 2.24) is 15.5 Å². The topological polar surface area (TPSA) is 130 Å². The molecule has 158 valence electrons. The number of hydrogen-bond acceptors (Lipinski definition) is 7. The maximum Gasteiger partial charge on any atom is 0.239 e. The molecule has 0 aromatic rings. The Kier molecular flexibility index (Phi) is 16.3. The van der Waals surface area contributed by atoms with E-state index in [2.05, 4.69) is 17.6 Å². The number of Topliss-reactive ketones (excluding diaryl/α,β-unsaturated/α-hetero) is 4. The third kappa shape index (κ3) is 15.2. The van der Waals surface area contributed by atoms with E-state index in [4.69, 9.17) is 0 Å². The molecule has 0 saturated carbocycles. The summed E-state index contributed by atoms with van der Waals surface area (Å²) in [5, 5.41) is 4.74. The summed E-state index contributed by atoms with van der Waals surface area (Å²) in [5.41, 5.74) is 0. The molecule has 10 heteroatoms. The number of likely N-dealkylation sites (N-methyl/N-ethyl adjacent to an activating group) is 1. The second kappa shape index (κ2) is 16.1. The quantitative estimate of drug-likeness (QED) is 0.249. The van der Waals surface area contributed by atoms with Gasteiger partial charge in [0.2, 0.25) is 11.8 Å². The molecule has 0 radical (unpaired) electrons. The Bertz CT molecular complexity index is 546. The average Bonchev–Trinajstić information content (AvgIpc) is 2.62. The normalized spacial score (nSPS) is 9.96. The van der Waals surface area contributed by atoms with Gasteiger partial charge >= 0.3 is 0 Å². The zero-order valence-electron chi connectivity index (χ0n) is 16.4. The van der Waals surface area contributed by atoms with Crippen molar-refractivity contribution >= 4 is 34.9 Å². The number of amides is 2. The monoisotopic (exact) mass is 566 g/mol. The number of carbonyl (C=O) groups is 6. The van der Waals surface area contributed by atoms with Crippen LogP contribution >= 0.6 is 0 Å². The molecule has 0 bridgehead atoms. The first kappa shape index (κ1) is 28.3. The minimum atomic E-state index is -0.517. The third-order valence-corrected chi connectivity index (χ3v) is 3.65. The fourth-order valence-electron chi connectivity index (χ4n) is 2.09. The Balaban J connectivity index is 0. The van der Waals surface area contributed by atoms with E-state index >= 15 is 0 Å². The average molecular weight is 566 g/mol. The Morgan fingerprint density at radius 3 is 1.75 bits per heavy atom. The van der Waals surface area contributed by atoms with E-state index in [1.54, 1.807) is 6.92 Å². The van der Waals surface area contributed by atoms with E-state index in [1.807, 2.05) is 0 Å². The van der Waals surface area contributed by atoms with Crippen LogP contribution in [-0.4, -0.2) is 73.1 Å². The Labute approximate surface area is 179 Å². The van der Waals surface area contributed by atoms with Gasteiger partial charge in [0.25, 0.3) is 0 Å². The van der Waals surface area contributed by atoms with Crippen molar-refractivity contribution in [2.75, 3.05) is 33.2 Å². The summed E-state index contributed by atoms with van der Waals surface area (Å²) in [6.45, 7) is 4.07. The minimum Gasteiger partial charge on any atom is -0.358 e. The minimum absolute atomic E-state index is 0. The molecular formula is C18H28N3O6W-. The van der Waals surface area contributed by atoms with E-state index in [0.29, 0.717) is 6.42 Å². The summed E-state index contributed by atoms with van der Waals surface area (Å²) in [6, 6.07) is 0. The van der Waals surface area contributed by atoms with Crippen molar-refractivity contribution in [3.63, 3.8) is 0 Å². The molecule has 28 heavy (non-hydrogen) atoms. The Morgan fingerprint density at radius 2 is 1.29 bits per heavy atom. The van der Waals surface area contributed by atoms with Gasteiger partial charge in [-0.05, 0) is 12.2 Å². The fraction of sp³-hybridized carbons (Fsp3) is 0.611. The zero-order valence-corrected chi connectivity index (χ0v) is 19.3. The van der Waals surface area contributed by atoms with Crippen molar-refractivity contribution in [3.8, 4) is 0 Å². The van der Waals surface area contributed by atoms with Crippen LogP contribution in [0.4, 0.5) is 0 Å². The first-order valence-corrected chi connectivity index (χ1v) is 8.77. The summed E-state index contributed by atoms with van der Waals surface area (Å²) >= 11 is 0. The molecule has 2 N–H and O–H groups in total. The number of ketones is 4. The van der Waals surface area contributed by atoms with Crippen LogP contribution in [0.3, 0.4) is 0 Å². The van der Waals surface area contributed by atoms with Gasteiger partial charge in [0.1, 0.15) is 17.3 Å². The Hall–Kier alpha value is -1.86. The summed E-state index contributed by atoms with van der Waals surface area (Å²) in [6.07, 6.45) is 0.469. The molecule has 0 aromatic heterocycles. The van der Waals surface area contributed by atoms with Gasteiger partial charge in [-0.25, -0.2) is 0 Å². The summed E-state index contributed by atoms with van der Waals surface area (Å²) in [4.78, 5) is 70.7. The molecular weight excluding hydrogens is 538 g/mol. The fourth-order valence-corrected chi connectivity index (χ4v) is 2.09. The smallest absolute Gasteiger partial charge is 0.239 e. The van der Waals surface area contributed by atoms with Crippen LogP contribution in [0.2, 0.25) is 0 Å². The molecule has 0 spiro atoms. The number of carbonyl (C=O) groups excluding carboxylic acids is 6. The molecule has 0 aromatic carbocycles.